The third kappa shape index (κ3) is 2.34. The van der Waals surface area contributed by atoms with E-state index in [1.54, 1.807) is 13.0 Å². The van der Waals surface area contributed by atoms with E-state index in [0.29, 0.717) is 23.2 Å². The van der Waals surface area contributed by atoms with Gasteiger partial charge in [-0.15, -0.1) is 0 Å². The summed E-state index contributed by atoms with van der Waals surface area (Å²) < 4.78 is 0. The first-order valence-electron chi connectivity index (χ1n) is 4.92. The van der Waals surface area contributed by atoms with Crippen molar-refractivity contribution in [3.05, 3.63) is 29.3 Å². The molecule has 3 N–H and O–H groups in total. The maximum Gasteiger partial charge on any atom is 0.153 e. The first kappa shape index (κ1) is 10.6. The molecule has 84 valence electrons. The molecule has 0 aliphatic carbocycles. The molecule has 2 aromatic heterocycles. The summed E-state index contributed by atoms with van der Waals surface area (Å²) in [7, 11) is 0. The van der Waals surface area contributed by atoms with E-state index in [0.717, 1.165) is 5.69 Å². The van der Waals surface area contributed by atoms with Crippen LogP contribution in [0, 0.1) is 13.8 Å². The fourth-order valence-electron chi connectivity index (χ4n) is 1.39. The van der Waals surface area contributed by atoms with Crippen LogP contribution in [0.1, 0.15) is 17.2 Å². The van der Waals surface area contributed by atoms with Crippen molar-refractivity contribution in [1.82, 2.24) is 20.2 Å². The predicted molar refractivity (Wildman–Crippen MR) is 59.3 cm³/mol. The van der Waals surface area contributed by atoms with Crippen molar-refractivity contribution in [3.8, 4) is 0 Å². The molecule has 0 bridgehead atoms. The van der Waals surface area contributed by atoms with Gasteiger partial charge in [0.15, 0.2) is 5.82 Å². The van der Waals surface area contributed by atoms with E-state index in [4.69, 9.17) is 5.11 Å². The number of aliphatic hydroxyl groups is 1. The molecule has 0 spiro atoms. The molecule has 0 aromatic carbocycles. The molecular formula is C10H13N5O. The Labute approximate surface area is 92.8 Å². The summed E-state index contributed by atoms with van der Waals surface area (Å²) in [4.78, 5) is 8.27. The zero-order chi connectivity index (χ0) is 11.5. The molecule has 2 aromatic rings. The van der Waals surface area contributed by atoms with E-state index in [-0.39, 0.29) is 6.61 Å². The van der Waals surface area contributed by atoms with Crippen molar-refractivity contribution < 1.29 is 5.11 Å². The lowest BCUT2D eigenvalue weighted by atomic mass is 10.4. The quantitative estimate of drug-likeness (QED) is 0.718. The number of hydrogen-bond acceptors (Lipinski definition) is 5. The normalized spacial score (nSPS) is 10.4. The summed E-state index contributed by atoms with van der Waals surface area (Å²) in [5, 5.41) is 18.9. The van der Waals surface area contributed by atoms with Crippen LogP contribution >= 0.6 is 0 Å². The fraction of sp³-hybridized carbons (Fsp3) is 0.300. The Bertz CT molecular complexity index is 494. The number of aromatic nitrogens is 4. The van der Waals surface area contributed by atoms with Crippen molar-refractivity contribution in [2.45, 2.75) is 20.5 Å². The topological polar surface area (TPSA) is 86.7 Å². The third-order valence-corrected chi connectivity index (χ3v) is 2.02. The van der Waals surface area contributed by atoms with E-state index < -0.39 is 0 Å². The second-order valence-corrected chi connectivity index (χ2v) is 3.51. The van der Waals surface area contributed by atoms with Crippen LogP contribution in [-0.4, -0.2) is 25.3 Å². The second kappa shape index (κ2) is 4.28. The molecule has 2 rings (SSSR count). The molecule has 0 atom stereocenters. The van der Waals surface area contributed by atoms with Crippen molar-refractivity contribution in [2.24, 2.45) is 0 Å². The number of nitrogens with one attached hydrogen (secondary N) is 2. The molecule has 6 nitrogen and oxygen atoms in total. The molecule has 0 unspecified atom stereocenters. The van der Waals surface area contributed by atoms with E-state index in [9.17, 15) is 0 Å². The lowest BCUT2D eigenvalue weighted by molar-refractivity contribution is 0.276. The highest BCUT2D eigenvalue weighted by atomic mass is 16.3. The van der Waals surface area contributed by atoms with E-state index >= 15 is 0 Å². The number of H-pyrrole nitrogens is 1. The number of aryl methyl sites for hydroxylation is 2. The van der Waals surface area contributed by atoms with Gasteiger partial charge in [0.25, 0.3) is 0 Å². The Morgan fingerprint density at radius 1 is 1.25 bits per heavy atom. The van der Waals surface area contributed by atoms with Crippen LogP contribution in [-0.2, 0) is 6.61 Å². The maximum atomic E-state index is 9.02. The Morgan fingerprint density at radius 3 is 2.69 bits per heavy atom. The van der Waals surface area contributed by atoms with Crippen molar-refractivity contribution >= 4 is 11.6 Å². The fourth-order valence-corrected chi connectivity index (χ4v) is 1.39. The standard InChI is InChI=1S/C10H13N5O/c1-6-3-10(15-14-6)13-9-4-8(5-16)11-7(2)12-9/h3-4,16H,5H2,1-2H3,(H2,11,12,13,14,15). The third-order valence-electron chi connectivity index (χ3n) is 2.02. The Morgan fingerprint density at radius 2 is 2.06 bits per heavy atom. The van der Waals surface area contributed by atoms with Gasteiger partial charge < -0.3 is 10.4 Å². The van der Waals surface area contributed by atoms with Gasteiger partial charge in [-0.05, 0) is 13.8 Å². The minimum Gasteiger partial charge on any atom is -0.390 e. The molecule has 6 heteroatoms. The van der Waals surface area contributed by atoms with Crippen molar-refractivity contribution in [3.63, 3.8) is 0 Å². The Balaban J connectivity index is 2.24. The highest BCUT2D eigenvalue weighted by molar-refractivity contribution is 5.51. The van der Waals surface area contributed by atoms with Gasteiger partial charge in [0.2, 0.25) is 0 Å². The Hall–Kier alpha value is -1.95. The molecule has 0 radical (unpaired) electrons. The number of aliphatic hydroxyl groups excluding tert-OH is 1. The summed E-state index contributed by atoms with van der Waals surface area (Å²) >= 11 is 0. The molecular weight excluding hydrogens is 206 g/mol. The van der Waals surface area contributed by atoms with E-state index in [2.05, 4.69) is 25.5 Å². The number of aromatic amines is 1. The SMILES string of the molecule is Cc1nc(CO)cc(Nc2cc(C)[nH]n2)n1. The first-order valence-corrected chi connectivity index (χ1v) is 4.92. The molecule has 16 heavy (non-hydrogen) atoms. The molecule has 0 saturated carbocycles. The summed E-state index contributed by atoms with van der Waals surface area (Å²) in [6, 6.07) is 3.56. The smallest absolute Gasteiger partial charge is 0.153 e. The van der Waals surface area contributed by atoms with Gasteiger partial charge in [0.05, 0.1) is 12.3 Å². The van der Waals surface area contributed by atoms with Crippen LogP contribution in [0.25, 0.3) is 0 Å². The van der Waals surface area contributed by atoms with E-state index in [1.165, 1.54) is 0 Å². The molecule has 0 aliphatic heterocycles. The average molecular weight is 219 g/mol. The molecule has 0 aliphatic rings. The van der Waals surface area contributed by atoms with Crippen LogP contribution in [0.3, 0.4) is 0 Å². The van der Waals surface area contributed by atoms with Crippen LogP contribution in [0.15, 0.2) is 12.1 Å². The second-order valence-electron chi connectivity index (χ2n) is 3.51. The van der Waals surface area contributed by atoms with Crippen molar-refractivity contribution in [1.29, 1.82) is 0 Å². The predicted octanol–water partition coefficient (Wildman–Crippen LogP) is 1.05. The highest BCUT2D eigenvalue weighted by Crippen LogP contribution is 2.13. The zero-order valence-electron chi connectivity index (χ0n) is 9.15. The minimum absolute atomic E-state index is 0.0996. The van der Waals surface area contributed by atoms with E-state index in [1.807, 2.05) is 13.0 Å². The van der Waals surface area contributed by atoms with Gasteiger partial charge in [0.1, 0.15) is 11.6 Å². The number of hydrogen-bond donors (Lipinski definition) is 3. The number of anilines is 2. The molecule has 0 amide bonds. The van der Waals surface area contributed by atoms with Gasteiger partial charge in [-0.1, -0.05) is 0 Å². The zero-order valence-corrected chi connectivity index (χ0v) is 9.15. The van der Waals surface area contributed by atoms with Crippen LogP contribution in [0.5, 0.6) is 0 Å². The van der Waals surface area contributed by atoms with Crippen LogP contribution in [0.2, 0.25) is 0 Å². The summed E-state index contributed by atoms with van der Waals surface area (Å²) in [5.41, 5.74) is 1.55. The summed E-state index contributed by atoms with van der Waals surface area (Å²) in [5.74, 6) is 1.93. The first-order chi connectivity index (χ1) is 7.67. The van der Waals surface area contributed by atoms with Gasteiger partial charge in [0, 0.05) is 17.8 Å². The molecule has 0 fully saturated rings. The maximum absolute atomic E-state index is 9.02. The number of nitrogens with zero attached hydrogens (tertiary/aromatic N) is 3. The summed E-state index contributed by atoms with van der Waals surface area (Å²) in [6.45, 7) is 3.60. The van der Waals surface area contributed by atoms with Gasteiger partial charge in [-0.3, -0.25) is 5.10 Å². The lowest BCUT2D eigenvalue weighted by Gasteiger charge is -2.04. The van der Waals surface area contributed by atoms with Gasteiger partial charge in [-0.2, -0.15) is 5.10 Å². The molecule has 0 saturated heterocycles. The van der Waals surface area contributed by atoms with Gasteiger partial charge >= 0.3 is 0 Å². The van der Waals surface area contributed by atoms with Crippen LogP contribution < -0.4 is 5.32 Å². The Kier molecular flexibility index (Phi) is 2.82. The summed E-state index contributed by atoms with van der Waals surface area (Å²) in [6.07, 6.45) is 0. The minimum atomic E-state index is -0.0996. The average Bonchev–Trinajstić information content (AvgIpc) is 2.63. The van der Waals surface area contributed by atoms with Gasteiger partial charge in [-0.25, -0.2) is 9.97 Å². The van der Waals surface area contributed by atoms with Crippen molar-refractivity contribution in [2.75, 3.05) is 5.32 Å². The molecule has 2 heterocycles. The monoisotopic (exact) mass is 219 g/mol. The lowest BCUT2D eigenvalue weighted by Crippen LogP contribution is -2.01. The largest absolute Gasteiger partial charge is 0.390 e. The highest BCUT2D eigenvalue weighted by Gasteiger charge is 2.03. The number of rotatable bonds is 3. The van der Waals surface area contributed by atoms with Crippen LogP contribution in [0.4, 0.5) is 11.6 Å².